The van der Waals surface area contributed by atoms with Crippen molar-refractivity contribution in [3.05, 3.63) is 24.2 Å². The molecule has 0 aliphatic rings. The molecule has 2 rings (SSSR count). The first-order valence-electron chi connectivity index (χ1n) is 4.39. The van der Waals surface area contributed by atoms with E-state index in [1.807, 2.05) is 26.2 Å². The Morgan fingerprint density at radius 3 is 3.00 bits per heavy atom. The van der Waals surface area contributed by atoms with E-state index in [0.29, 0.717) is 0 Å². The molecule has 0 fully saturated rings. The summed E-state index contributed by atoms with van der Waals surface area (Å²) in [4.78, 5) is 4.10. The maximum atomic E-state index is 5.56. The van der Waals surface area contributed by atoms with E-state index >= 15 is 0 Å². The third-order valence-electron chi connectivity index (χ3n) is 1.94. The van der Waals surface area contributed by atoms with Crippen molar-refractivity contribution in [1.29, 1.82) is 0 Å². The summed E-state index contributed by atoms with van der Waals surface area (Å²) in [6.45, 7) is 0.720. The molecule has 0 saturated carbocycles. The number of hydrogen-bond acceptors (Lipinski definition) is 4. The molecule has 0 aromatic carbocycles. The zero-order chi connectivity index (χ0) is 9.97. The molecular formula is C9H12N4O. The Morgan fingerprint density at radius 2 is 2.36 bits per heavy atom. The predicted octanol–water partition coefficient (Wildman–Crippen LogP) is 0.794. The molecule has 74 valence electrons. The van der Waals surface area contributed by atoms with E-state index in [0.717, 1.165) is 23.9 Å². The molecule has 0 saturated heterocycles. The molecule has 0 unspecified atom stereocenters. The Bertz CT molecular complexity index is 418. The van der Waals surface area contributed by atoms with E-state index < -0.39 is 0 Å². The lowest BCUT2D eigenvalue weighted by Crippen LogP contribution is -2.03. The summed E-state index contributed by atoms with van der Waals surface area (Å²) in [5.74, 6) is 2.38. The van der Waals surface area contributed by atoms with Crippen LogP contribution < -0.4 is 5.32 Å². The van der Waals surface area contributed by atoms with Crippen molar-refractivity contribution in [3.8, 4) is 11.6 Å². The molecule has 0 aliphatic carbocycles. The minimum Gasteiger partial charge on any atom is -0.456 e. The van der Waals surface area contributed by atoms with E-state index in [9.17, 15) is 0 Å². The quantitative estimate of drug-likeness (QED) is 0.781. The first-order valence-corrected chi connectivity index (χ1v) is 4.39. The van der Waals surface area contributed by atoms with Gasteiger partial charge in [-0.25, -0.2) is 9.67 Å². The van der Waals surface area contributed by atoms with Crippen LogP contribution in [0.25, 0.3) is 11.6 Å². The summed E-state index contributed by atoms with van der Waals surface area (Å²) in [6, 6.07) is 3.83. The number of furan rings is 1. The Balaban J connectivity index is 2.29. The normalized spacial score (nSPS) is 10.7. The van der Waals surface area contributed by atoms with Crippen molar-refractivity contribution in [3.63, 3.8) is 0 Å². The zero-order valence-corrected chi connectivity index (χ0v) is 8.19. The van der Waals surface area contributed by atoms with E-state index in [4.69, 9.17) is 4.42 Å². The number of aryl methyl sites for hydroxylation is 1. The van der Waals surface area contributed by atoms with E-state index in [2.05, 4.69) is 15.4 Å². The Hall–Kier alpha value is -1.62. The summed E-state index contributed by atoms with van der Waals surface area (Å²) in [7, 11) is 3.72. The fourth-order valence-electron chi connectivity index (χ4n) is 1.29. The van der Waals surface area contributed by atoms with Crippen molar-refractivity contribution in [2.24, 2.45) is 7.05 Å². The van der Waals surface area contributed by atoms with Gasteiger partial charge in [-0.15, -0.1) is 0 Å². The molecule has 5 nitrogen and oxygen atoms in total. The third kappa shape index (κ3) is 1.54. The smallest absolute Gasteiger partial charge is 0.193 e. The van der Waals surface area contributed by atoms with Crippen LogP contribution in [-0.2, 0) is 13.6 Å². The Kier molecular flexibility index (Phi) is 2.32. The van der Waals surface area contributed by atoms with E-state index in [1.165, 1.54) is 6.33 Å². The maximum Gasteiger partial charge on any atom is 0.193 e. The van der Waals surface area contributed by atoms with Crippen molar-refractivity contribution in [2.45, 2.75) is 6.54 Å². The average Bonchev–Trinajstić information content (AvgIpc) is 2.74. The van der Waals surface area contributed by atoms with Crippen molar-refractivity contribution < 1.29 is 4.42 Å². The standard InChI is InChI=1S/C9H12N4O/c1-10-5-7-3-4-8(14-7)9-11-6-12-13(9)2/h3-4,6,10H,5H2,1-2H3. The highest BCUT2D eigenvalue weighted by atomic mass is 16.3. The molecule has 14 heavy (non-hydrogen) atoms. The molecule has 0 amide bonds. The molecule has 2 heterocycles. The molecule has 0 radical (unpaired) electrons. The Labute approximate surface area is 81.8 Å². The van der Waals surface area contributed by atoms with Crippen LogP contribution in [0.4, 0.5) is 0 Å². The van der Waals surface area contributed by atoms with Gasteiger partial charge < -0.3 is 9.73 Å². The number of hydrogen-bond donors (Lipinski definition) is 1. The Morgan fingerprint density at radius 1 is 1.50 bits per heavy atom. The van der Waals surface area contributed by atoms with Crippen LogP contribution in [0.5, 0.6) is 0 Å². The van der Waals surface area contributed by atoms with Crippen molar-refractivity contribution in [2.75, 3.05) is 7.05 Å². The van der Waals surface area contributed by atoms with Gasteiger partial charge in [0, 0.05) is 7.05 Å². The average molecular weight is 192 g/mol. The minimum atomic E-state index is 0.720. The van der Waals surface area contributed by atoms with Crippen molar-refractivity contribution in [1.82, 2.24) is 20.1 Å². The van der Waals surface area contributed by atoms with Crippen LogP contribution in [0, 0.1) is 0 Å². The molecule has 1 N–H and O–H groups in total. The maximum absolute atomic E-state index is 5.56. The van der Waals surface area contributed by atoms with Gasteiger partial charge in [-0.1, -0.05) is 0 Å². The van der Waals surface area contributed by atoms with Crippen LogP contribution in [0.15, 0.2) is 22.9 Å². The van der Waals surface area contributed by atoms with Gasteiger partial charge in [0.05, 0.1) is 6.54 Å². The lowest BCUT2D eigenvalue weighted by molar-refractivity contribution is 0.501. The first kappa shape index (κ1) is 8.96. The fourth-order valence-corrected chi connectivity index (χ4v) is 1.29. The molecule has 0 aliphatic heterocycles. The molecule has 0 spiro atoms. The van der Waals surface area contributed by atoms with Gasteiger partial charge in [-0.2, -0.15) is 5.10 Å². The highest BCUT2D eigenvalue weighted by Crippen LogP contribution is 2.18. The van der Waals surface area contributed by atoms with Crippen LogP contribution in [0.3, 0.4) is 0 Å². The summed E-state index contributed by atoms with van der Waals surface area (Å²) < 4.78 is 7.25. The lowest BCUT2D eigenvalue weighted by atomic mass is 10.4. The summed E-state index contributed by atoms with van der Waals surface area (Å²) >= 11 is 0. The topological polar surface area (TPSA) is 55.9 Å². The molecule has 2 aromatic heterocycles. The second-order valence-corrected chi connectivity index (χ2v) is 3.00. The first-order chi connectivity index (χ1) is 6.81. The summed E-state index contributed by atoms with van der Waals surface area (Å²) in [6.07, 6.45) is 1.51. The number of nitrogens with zero attached hydrogens (tertiary/aromatic N) is 3. The van der Waals surface area contributed by atoms with Gasteiger partial charge >= 0.3 is 0 Å². The van der Waals surface area contributed by atoms with Crippen LogP contribution in [0.1, 0.15) is 5.76 Å². The second-order valence-electron chi connectivity index (χ2n) is 3.00. The third-order valence-corrected chi connectivity index (χ3v) is 1.94. The van der Waals surface area contributed by atoms with Gasteiger partial charge in [0.15, 0.2) is 11.6 Å². The van der Waals surface area contributed by atoms with E-state index in [-0.39, 0.29) is 0 Å². The number of nitrogens with one attached hydrogen (secondary N) is 1. The van der Waals surface area contributed by atoms with Crippen LogP contribution >= 0.6 is 0 Å². The van der Waals surface area contributed by atoms with Gasteiger partial charge in [0.2, 0.25) is 0 Å². The highest BCUT2D eigenvalue weighted by Gasteiger charge is 2.08. The molecule has 5 heteroatoms. The van der Waals surface area contributed by atoms with Gasteiger partial charge in [-0.3, -0.25) is 0 Å². The largest absolute Gasteiger partial charge is 0.456 e. The van der Waals surface area contributed by atoms with Gasteiger partial charge in [0.25, 0.3) is 0 Å². The predicted molar refractivity (Wildman–Crippen MR) is 51.5 cm³/mol. The van der Waals surface area contributed by atoms with Crippen LogP contribution in [-0.4, -0.2) is 21.8 Å². The monoisotopic (exact) mass is 192 g/mol. The summed E-state index contributed by atoms with van der Waals surface area (Å²) in [5.41, 5.74) is 0. The second kappa shape index (κ2) is 3.63. The minimum absolute atomic E-state index is 0.720. The molecule has 0 atom stereocenters. The number of aromatic nitrogens is 3. The van der Waals surface area contributed by atoms with Gasteiger partial charge in [0.1, 0.15) is 12.1 Å². The summed E-state index contributed by atoms with van der Waals surface area (Å²) in [5, 5.41) is 7.00. The highest BCUT2D eigenvalue weighted by molar-refractivity contribution is 5.46. The van der Waals surface area contributed by atoms with Crippen LogP contribution in [0.2, 0.25) is 0 Å². The molecular weight excluding hydrogens is 180 g/mol. The zero-order valence-electron chi connectivity index (χ0n) is 8.19. The molecule has 2 aromatic rings. The van der Waals surface area contributed by atoms with Gasteiger partial charge in [-0.05, 0) is 19.2 Å². The lowest BCUT2D eigenvalue weighted by Gasteiger charge is -1.95. The SMILES string of the molecule is CNCc1ccc(-c2ncnn2C)o1. The molecule has 0 bridgehead atoms. The van der Waals surface area contributed by atoms with E-state index in [1.54, 1.807) is 4.68 Å². The van der Waals surface area contributed by atoms with Crippen molar-refractivity contribution >= 4 is 0 Å². The number of rotatable bonds is 3. The fraction of sp³-hybridized carbons (Fsp3) is 0.333.